The van der Waals surface area contributed by atoms with Crippen molar-refractivity contribution in [3.05, 3.63) is 29.8 Å². The van der Waals surface area contributed by atoms with Gasteiger partial charge in [0.15, 0.2) is 0 Å². The second-order valence-corrected chi connectivity index (χ2v) is 6.78. The van der Waals surface area contributed by atoms with E-state index < -0.39 is 0 Å². The van der Waals surface area contributed by atoms with Gasteiger partial charge < -0.3 is 10.4 Å². The molecule has 2 N–H and O–H groups in total. The number of rotatable bonds is 6. The van der Waals surface area contributed by atoms with E-state index in [4.69, 9.17) is 0 Å². The van der Waals surface area contributed by atoms with Crippen LogP contribution in [0.15, 0.2) is 24.3 Å². The van der Waals surface area contributed by atoms with Crippen LogP contribution >= 0.6 is 11.8 Å². The number of phenols is 1. The predicted molar refractivity (Wildman–Crippen MR) is 84.0 cm³/mol. The van der Waals surface area contributed by atoms with E-state index in [0.717, 1.165) is 11.7 Å². The minimum atomic E-state index is 0.348. The van der Waals surface area contributed by atoms with Crippen LogP contribution in [-0.2, 0) is 6.42 Å². The number of hydrogen-bond donors (Lipinski definition) is 2. The smallest absolute Gasteiger partial charge is 0.115 e. The van der Waals surface area contributed by atoms with Crippen molar-refractivity contribution in [1.82, 2.24) is 5.32 Å². The van der Waals surface area contributed by atoms with Crippen LogP contribution in [0.4, 0.5) is 0 Å². The van der Waals surface area contributed by atoms with Crippen molar-refractivity contribution in [3.8, 4) is 5.75 Å². The minimum Gasteiger partial charge on any atom is -0.508 e. The lowest BCUT2D eigenvalue weighted by molar-refractivity contribution is 0.475. The molecule has 106 valence electrons. The average molecular weight is 279 g/mol. The lowest BCUT2D eigenvalue weighted by Gasteiger charge is -2.24. The molecule has 2 nitrogen and oxygen atoms in total. The summed E-state index contributed by atoms with van der Waals surface area (Å²) >= 11 is 2.14. The molecule has 0 amide bonds. The maximum absolute atomic E-state index is 9.30. The molecule has 1 fully saturated rings. The molecular formula is C16H25NOS. The second-order valence-electron chi connectivity index (χ2n) is 5.45. The fourth-order valence-electron chi connectivity index (χ4n) is 2.64. The fraction of sp³-hybridized carbons (Fsp3) is 0.625. The van der Waals surface area contributed by atoms with Crippen LogP contribution in [0, 0.1) is 0 Å². The maximum atomic E-state index is 9.30. The molecule has 1 aliphatic rings. The number of benzene rings is 1. The predicted octanol–water partition coefficient (Wildman–Crippen LogP) is 3.59. The number of aromatic hydroxyl groups is 1. The molecule has 0 spiro atoms. The summed E-state index contributed by atoms with van der Waals surface area (Å²) in [5.41, 5.74) is 1.29. The third-order valence-electron chi connectivity index (χ3n) is 3.91. The van der Waals surface area contributed by atoms with Gasteiger partial charge in [0.1, 0.15) is 5.75 Å². The number of hydrogen-bond acceptors (Lipinski definition) is 3. The third kappa shape index (κ3) is 5.07. The first-order valence-corrected chi connectivity index (χ1v) is 8.39. The molecule has 1 atom stereocenters. The molecule has 3 heteroatoms. The van der Waals surface area contributed by atoms with Crippen LogP contribution in [0.2, 0.25) is 0 Å². The minimum absolute atomic E-state index is 0.348. The first kappa shape index (κ1) is 14.7. The molecule has 1 saturated carbocycles. The van der Waals surface area contributed by atoms with Gasteiger partial charge >= 0.3 is 0 Å². The van der Waals surface area contributed by atoms with Crippen LogP contribution in [0.1, 0.15) is 37.7 Å². The number of phenolic OH excluding ortho intramolecular Hbond substituents is 1. The molecule has 0 radical (unpaired) electrons. The lowest BCUT2D eigenvalue weighted by Crippen LogP contribution is -2.31. The fourth-order valence-corrected chi connectivity index (χ4v) is 4.10. The highest BCUT2D eigenvalue weighted by atomic mass is 32.2. The van der Waals surface area contributed by atoms with Gasteiger partial charge in [0, 0.05) is 17.0 Å². The molecule has 0 aromatic heterocycles. The van der Waals surface area contributed by atoms with Crippen molar-refractivity contribution in [2.24, 2.45) is 0 Å². The summed E-state index contributed by atoms with van der Waals surface area (Å²) in [6, 6.07) is 8.11. The van der Waals surface area contributed by atoms with Crippen molar-refractivity contribution >= 4 is 11.8 Å². The molecule has 0 heterocycles. The normalized spacial score (nSPS) is 18.4. The summed E-state index contributed by atoms with van der Waals surface area (Å²) in [5, 5.41) is 13.6. The highest BCUT2D eigenvalue weighted by Crippen LogP contribution is 2.28. The van der Waals surface area contributed by atoms with E-state index in [-0.39, 0.29) is 0 Å². The van der Waals surface area contributed by atoms with Gasteiger partial charge in [-0.1, -0.05) is 31.4 Å². The first-order valence-electron chi connectivity index (χ1n) is 7.34. The quantitative estimate of drug-likeness (QED) is 0.834. The van der Waals surface area contributed by atoms with Crippen molar-refractivity contribution < 1.29 is 5.11 Å². The standard InChI is InChI=1S/C16H25NOS/c1-17-14(11-13-7-9-15(18)10-8-13)12-19-16-5-3-2-4-6-16/h7-10,14,16-18H,2-6,11-12H2,1H3. The van der Waals surface area contributed by atoms with Gasteiger partial charge in [-0.2, -0.15) is 11.8 Å². The van der Waals surface area contributed by atoms with E-state index in [9.17, 15) is 5.11 Å². The Morgan fingerprint density at radius 1 is 1.21 bits per heavy atom. The van der Waals surface area contributed by atoms with Crippen LogP contribution in [0.3, 0.4) is 0 Å². The van der Waals surface area contributed by atoms with Crippen molar-refractivity contribution in [2.75, 3.05) is 12.8 Å². The molecule has 1 unspecified atom stereocenters. The van der Waals surface area contributed by atoms with Gasteiger partial charge in [0.25, 0.3) is 0 Å². The summed E-state index contributed by atoms with van der Waals surface area (Å²) in [6.45, 7) is 0. The van der Waals surface area contributed by atoms with Crippen LogP contribution in [0.25, 0.3) is 0 Å². The van der Waals surface area contributed by atoms with E-state index in [2.05, 4.69) is 17.1 Å². The zero-order chi connectivity index (χ0) is 13.5. The van der Waals surface area contributed by atoms with E-state index >= 15 is 0 Å². The zero-order valence-electron chi connectivity index (χ0n) is 11.8. The Bertz CT molecular complexity index is 360. The Morgan fingerprint density at radius 3 is 2.53 bits per heavy atom. The number of thioether (sulfide) groups is 1. The van der Waals surface area contributed by atoms with Gasteiger partial charge in [0.05, 0.1) is 0 Å². The molecule has 1 aromatic rings. The van der Waals surface area contributed by atoms with Crippen molar-refractivity contribution in [2.45, 2.75) is 49.8 Å². The van der Waals surface area contributed by atoms with Gasteiger partial charge in [-0.3, -0.25) is 0 Å². The van der Waals surface area contributed by atoms with Gasteiger partial charge in [0.2, 0.25) is 0 Å². The first-order chi connectivity index (χ1) is 9.28. The topological polar surface area (TPSA) is 32.3 Å². The van der Waals surface area contributed by atoms with Crippen molar-refractivity contribution in [1.29, 1.82) is 0 Å². The summed E-state index contributed by atoms with van der Waals surface area (Å²) in [7, 11) is 2.05. The Morgan fingerprint density at radius 2 is 1.89 bits per heavy atom. The summed E-state index contributed by atoms with van der Waals surface area (Å²) < 4.78 is 0. The Balaban J connectivity index is 1.77. The highest BCUT2D eigenvalue weighted by molar-refractivity contribution is 7.99. The summed E-state index contributed by atoms with van der Waals surface area (Å²) in [4.78, 5) is 0. The SMILES string of the molecule is CNC(CSC1CCCCC1)Cc1ccc(O)cc1. The monoisotopic (exact) mass is 279 g/mol. The summed E-state index contributed by atoms with van der Waals surface area (Å²) in [6.07, 6.45) is 8.11. The Hall–Kier alpha value is -0.670. The Labute approximate surface area is 121 Å². The van der Waals surface area contributed by atoms with E-state index in [1.165, 1.54) is 43.4 Å². The largest absolute Gasteiger partial charge is 0.508 e. The summed E-state index contributed by atoms with van der Waals surface area (Å²) in [5.74, 6) is 1.53. The maximum Gasteiger partial charge on any atom is 0.115 e. The van der Waals surface area contributed by atoms with Gasteiger partial charge in [-0.15, -0.1) is 0 Å². The van der Waals surface area contributed by atoms with Crippen LogP contribution in [0.5, 0.6) is 5.75 Å². The van der Waals surface area contributed by atoms with Crippen LogP contribution < -0.4 is 5.32 Å². The van der Waals surface area contributed by atoms with E-state index in [0.29, 0.717) is 11.8 Å². The molecule has 0 saturated heterocycles. The molecule has 1 aliphatic carbocycles. The van der Waals surface area contributed by atoms with Crippen molar-refractivity contribution in [3.63, 3.8) is 0 Å². The third-order valence-corrected chi connectivity index (χ3v) is 5.45. The lowest BCUT2D eigenvalue weighted by atomic mass is 10.0. The van der Waals surface area contributed by atoms with Gasteiger partial charge in [-0.25, -0.2) is 0 Å². The number of nitrogens with one attached hydrogen (secondary N) is 1. The average Bonchev–Trinajstić information content (AvgIpc) is 2.46. The van der Waals surface area contributed by atoms with E-state index in [1.807, 2.05) is 19.2 Å². The highest BCUT2D eigenvalue weighted by Gasteiger charge is 2.16. The van der Waals surface area contributed by atoms with Crippen LogP contribution in [-0.4, -0.2) is 29.2 Å². The molecular weight excluding hydrogens is 254 g/mol. The molecule has 2 rings (SSSR count). The van der Waals surface area contributed by atoms with E-state index in [1.54, 1.807) is 12.1 Å². The van der Waals surface area contributed by atoms with Gasteiger partial charge in [-0.05, 0) is 44.0 Å². The molecule has 19 heavy (non-hydrogen) atoms. The number of likely N-dealkylation sites (N-methyl/N-ethyl adjacent to an activating group) is 1. The second kappa shape index (κ2) is 7.81. The molecule has 0 aliphatic heterocycles. The molecule has 0 bridgehead atoms. The Kier molecular flexibility index (Phi) is 6.05. The molecule has 1 aromatic carbocycles. The zero-order valence-corrected chi connectivity index (χ0v) is 12.6.